The normalized spacial score (nSPS) is 11.9. The monoisotopic (exact) mass is 655 g/mol. The Balaban J connectivity index is 1.80. The molecule has 4 aromatic carbocycles. The first-order chi connectivity index (χ1) is 21.0. The molecule has 0 heterocycles. The lowest BCUT2D eigenvalue weighted by Crippen LogP contribution is -2.53. The van der Waals surface area contributed by atoms with E-state index in [0.29, 0.717) is 17.1 Å². The Morgan fingerprint density at radius 3 is 2.14 bits per heavy atom. The minimum atomic E-state index is -4.29. The molecule has 0 bridgehead atoms. The zero-order valence-electron chi connectivity index (χ0n) is 24.2. The Morgan fingerprint density at radius 2 is 1.52 bits per heavy atom. The van der Waals surface area contributed by atoms with Crippen molar-refractivity contribution < 1.29 is 22.4 Å². The Bertz CT molecular complexity index is 1700. The maximum absolute atomic E-state index is 14.3. The van der Waals surface area contributed by atoms with Crippen LogP contribution in [0.1, 0.15) is 23.6 Å². The van der Waals surface area contributed by atoms with Gasteiger partial charge in [-0.1, -0.05) is 77.3 Å². The van der Waals surface area contributed by atoms with E-state index in [1.54, 1.807) is 37.3 Å². The number of benzene rings is 4. The molecular formula is C33H32Cl2FN3O4S. The van der Waals surface area contributed by atoms with Gasteiger partial charge in [0.15, 0.2) is 0 Å². The molecule has 44 heavy (non-hydrogen) atoms. The van der Waals surface area contributed by atoms with Crippen molar-refractivity contribution in [2.24, 2.45) is 0 Å². The van der Waals surface area contributed by atoms with Crippen LogP contribution in [0.2, 0.25) is 10.0 Å². The number of halogens is 3. The van der Waals surface area contributed by atoms with Crippen LogP contribution in [0.25, 0.3) is 0 Å². The van der Waals surface area contributed by atoms with E-state index in [-0.39, 0.29) is 28.6 Å². The van der Waals surface area contributed by atoms with Crippen LogP contribution in [-0.2, 0) is 32.6 Å². The number of amides is 2. The number of carbonyl (C=O) groups excluding carboxylic acids is 2. The van der Waals surface area contributed by atoms with Crippen LogP contribution < -0.4 is 9.62 Å². The van der Waals surface area contributed by atoms with E-state index in [1.807, 2.05) is 37.3 Å². The molecular weight excluding hydrogens is 624 g/mol. The molecule has 0 fully saturated rings. The lowest BCUT2D eigenvalue weighted by Gasteiger charge is -2.34. The van der Waals surface area contributed by atoms with Crippen molar-refractivity contribution in [3.63, 3.8) is 0 Å². The van der Waals surface area contributed by atoms with Crippen molar-refractivity contribution in [2.45, 2.75) is 37.8 Å². The largest absolute Gasteiger partial charge is 0.355 e. The van der Waals surface area contributed by atoms with Crippen LogP contribution >= 0.6 is 23.2 Å². The molecule has 0 aliphatic rings. The number of aryl methyl sites for hydroxylation is 1. The molecule has 1 atom stereocenters. The fourth-order valence-corrected chi connectivity index (χ4v) is 6.39. The molecule has 7 nitrogen and oxygen atoms in total. The highest BCUT2D eigenvalue weighted by molar-refractivity contribution is 7.92. The second-order valence-electron chi connectivity index (χ2n) is 10.2. The van der Waals surface area contributed by atoms with Crippen molar-refractivity contribution >= 4 is 50.7 Å². The van der Waals surface area contributed by atoms with Crippen molar-refractivity contribution in [3.05, 3.63) is 130 Å². The Labute approximate surface area is 267 Å². The number of nitrogens with one attached hydrogen (secondary N) is 1. The van der Waals surface area contributed by atoms with Gasteiger partial charge in [-0.3, -0.25) is 13.9 Å². The highest BCUT2D eigenvalue weighted by atomic mass is 35.5. The molecule has 0 saturated carbocycles. The minimum absolute atomic E-state index is 0.0409. The summed E-state index contributed by atoms with van der Waals surface area (Å²) in [5.74, 6) is -1.61. The van der Waals surface area contributed by atoms with Gasteiger partial charge in [-0.15, -0.1) is 0 Å². The van der Waals surface area contributed by atoms with Gasteiger partial charge in [0.25, 0.3) is 10.0 Å². The van der Waals surface area contributed by atoms with Crippen molar-refractivity contribution in [1.29, 1.82) is 0 Å². The predicted octanol–water partition coefficient (Wildman–Crippen LogP) is 6.41. The first-order valence-corrected chi connectivity index (χ1v) is 16.1. The highest BCUT2D eigenvalue weighted by Crippen LogP contribution is 2.27. The standard InChI is InChI=1S/C33H32Cl2FN3O4S/c1-3-37-33(41)31(20-24-7-5-4-6-8-24)38(21-25-11-18-29(34)30(35)19-25)32(40)22-39(27-14-12-26(36)13-15-27)44(42,43)28-16-9-23(2)10-17-28/h4-19,31H,3,20-22H2,1-2H3,(H,37,41). The van der Waals surface area contributed by atoms with Gasteiger partial charge in [0, 0.05) is 19.5 Å². The number of likely N-dealkylation sites (N-methyl/N-ethyl adjacent to an activating group) is 1. The van der Waals surface area contributed by atoms with Crippen molar-refractivity contribution in [3.8, 4) is 0 Å². The molecule has 0 saturated heterocycles. The number of rotatable bonds is 12. The molecule has 230 valence electrons. The zero-order valence-corrected chi connectivity index (χ0v) is 26.5. The van der Waals surface area contributed by atoms with E-state index in [9.17, 15) is 22.4 Å². The Hall–Kier alpha value is -3.92. The van der Waals surface area contributed by atoms with Gasteiger partial charge >= 0.3 is 0 Å². The SMILES string of the molecule is CCNC(=O)C(Cc1ccccc1)N(Cc1ccc(Cl)c(Cl)c1)C(=O)CN(c1ccc(F)cc1)S(=O)(=O)c1ccc(C)cc1. The number of hydrogen-bond acceptors (Lipinski definition) is 4. The molecule has 0 spiro atoms. The fourth-order valence-electron chi connectivity index (χ4n) is 4.65. The van der Waals surface area contributed by atoms with E-state index < -0.39 is 40.2 Å². The molecule has 0 aliphatic heterocycles. The van der Waals surface area contributed by atoms with E-state index in [4.69, 9.17) is 23.2 Å². The minimum Gasteiger partial charge on any atom is -0.355 e. The summed E-state index contributed by atoms with van der Waals surface area (Å²) in [7, 11) is -4.29. The van der Waals surface area contributed by atoms with Crippen molar-refractivity contribution in [1.82, 2.24) is 10.2 Å². The van der Waals surface area contributed by atoms with Crippen LogP contribution in [0.3, 0.4) is 0 Å². The first kappa shape index (κ1) is 33.0. The molecule has 0 radical (unpaired) electrons. The maximum Gasteiger partial charge on any atom is 0.264 e. The number of sulfonamides is 1. The van der Waals surface area contributed by atoms with Gasteiger partial charge in [0.1, 0.15) is 18.4 Å². The summed E-state index contributed by atoms with van der Waals surface area (Å²) in [4.78, 5) is 29.2. The van der Waals surface area contributed by atoms with Gasteiger partial charge < -0.3 is 10.2 Å². The molecule has 1 N–H and O–H groups in total. The smallest absolute Gasteiger partial charge is 0.264 e. The summed E-state index contributed by atoms with van der Waals surface area (Å²) in [6.07, 6.45) is 0.168. The van der Waals surface area contributed by atoms with Crippen LogP contribution in [-0.4, -0.2) is 44.3 Å². The van der Waals surface area contributed by atoms with E-state index >= 15 is 0 Å². The van der Waals surface area contributed by atoms with Gasteiger partial charge in [-0.25, -0.2) is 12.8 Å². The maximum atomic E-state index is 14.3. The number of nitrogens with zero attached hydrogens (tertiary/aromatic N) is 2. The highest BCUT2D eigenvalue weighted by Gasteiger charge is 2.34. The fraction of sp³-hybridized carbons (Fsp3) is 0.212. The van der Waals surface area contributed by atoms with Gasteiger partial charge in [-0.05, 0) is 73.5 Å². The summed E-state index contributed by atoms with van der Waals surface area (Å²) < 4.78 is 42.8. The lowest BCUT2D eigenvalue weighted by molar-refractivity contribution is -0.140. The molecule has 4 rings (SSSR count). The predicted molar refractivity (Wildman–Crippen MR) is 172 cm³/mol. The quantitative estimate of drug-likeness (QED) is 0.191. The topological polar surface area (TPSA) is 86.8 Å². The molecule has 1 unspecified atom stereocenters. The third-order valence-electron chi connectivity index (χ3n) is 6.96. The Kier molecular flexibility index (Phi) is 11.0. The lowest BCUT2D eigenvalue weighted by atomic mass is 10.0. The van der Waals surface area contributed by atoms with Crippen LogP contribution in [0.15, 0.2) is 102 Å². The average molecular weight is 657 g/mol. The molecule has 11 heteroatoms. The number of anilines is 1. The number of carbonyl (C=O) groups is 2. The van der Waals surface area contributed by atoms with E-state index in [2.05, 4.69) is 5.32 Å². The summed E-state index contributed by atoms with van der Waals surface area (Å²) in [6.45, 7) is 3.20. The first-order valence-electron chi connectivity index (χ1n) is 13.9. The molecule has 4 aromatic rings. The number of hydrogen-bond donors (Lipinski definition) is 1. The molecule has 0 aliphatic carbocycles. The summed E-state index contributed by atoms with van der Waals surface area (Å²) in [5, 5.41) is 3.40. The third-order valence-corrected chi connectivity index (χ3v) is 9.49. The second-order valence-corrected chi connectivity index (χ2v) is 12.8. The third kappa shape index (κ3) is 8.16. The molecule has 0 aromatic heterocycles. The van der Waals surface area contributed by atoms with Crippen molar-refractivity contribution in [2.75, 3.05) is 17.4 Å². The second kappa shape index (κ2) is 14.7. The van der Waals surface area contributed by atoms with Gasteiger partial charge in [-0.2, -0.15) is 0 Å². The zero-order chi connectivity index (χ0) is 31.9. The van der Waals surface area contributed by atoms with Gasteiger partial charge in [0.2, 0.25) is 11.8 Å². The average Bonchev–Trinajstić information content (AvgIpc) is 3.00. The van der Waals surface area contributed by atoms with E-state index in [0.717, 1.165) is 27.6 Å². The Morgan fingerprint density at radius 1 is 0.864 bits per heavy atom. The summed E-state index contributed by atoms with van der Waals surface area (Å²) in [6, 6.07) is 24.1. The van der Waals surface area contributed by atoms with E-state index in [1.165, 1.54) is 29.2 Å². The molecule has 2 amide bonds. The summed E-state index contributed by atoms with van der Waals surface area (Å²) in [5.41, 5.74) is 2.34. The van der Waals surface area contributed by atoms with Gasteiger partial charge in [0.05, 0.1) is 20.6 Å². The summed E-state index contributed by atoms with van der Waals surface area (Å²) >= 11 is 12.4. The van der Waals surface area contributed by atoms with Crippen LogP contribution in [0, 0.1) is 12.7 Å². The van der Waals surface area contributed by atoms with Crippen LogP contribution in [0.4, 0.5) is 10.1 Å². The van der Waals surface area contributed by atoms with Crippen LogP contribution in [0.5, 0.6) is 0 Å².